The molecule has 0 aliphatic heterocycles. The Morgan fingerprint density at radius 2 is 1.90 bits per heavy atom. The van der Waals surface area contributed by atoms with Crippen molar-refractivity contribution in [2.45, 2.75) is 18.2 Å². The predicted molar refractivity (Wildman–Crippen MR) is 83.8 cm³/mol. The number of halogens is 1. The van der Waals surface area contributed by atoms with E-state index in [4.69, 9.17) is 11.6 Å². The summed E-state index contributed by atoms with van der Waals surface area (Å²) in [4.78, 5) is 4.18. The molecule has 0 atom stereocenters. The van der Waals surface area contributed by atoms with Crippen molar-refractivity contribution in [2.75, 3.05) is 13.1 Å². The minimum Gasteiger partial charge on any atom is -0.265 e. The molecule has 21 heavy (non-hydrogen) atoms. The van der Waals surface area contributed by atoms with Gasteiger partial charge in [0.25, 0.3) is 0 Å². The Bertz CT molecular complexity index is 690. The number of sulfonamides is 1. The molecule has 0 bridgehead atoms. The average molecular weight is 325 g/mol. The van der Waals surface area contributed by atoms with E-state index in [0.29, 0.717) is 24.5 Å². The van der Waals surface area contributed by atoms with Crippen LogP contribution in [-0.2, 0) is 16.4 Å². The normalized spacial score (nSPS) is 11.8. The van der Waals surface area contributed by atoms with Crippen LogP contribution in [-0.4, -0.2) is 30.8 Å². The number of hydrogen-bond donors (Lipinski definition) is 0. The lowest BCUT2D eigenvalue weighted by molar-refractivity contribution is 0.431. The van der Waals surface area contributed by atoms with Crippen LogP contribution >= 0.6 is 11.6 Å². The number of rotatable bonds is 6. The second-order valence-electron chi connectivity index (χ2n) is 4.56. The molecule has 0 radical (unpaired) electrons. The molecule has 0 aliphatic rings. The zero-order chi connectivity index (χ0) is 15.3. The van der Waals surface area contributed by atoms with Crippen LogP contribution in [0.25, 0.3) is 0 Å². The molecule has 0 aliphatic carbocycles. The summed E-state index contributed by atoms with van der Waals surface area (Å²) < 4.78 is 26.6. The maximum atomic E-state index is 12.6. The molecule has 1 heterocycles. The predicted octanol–water partition coefficient (Wildman–Crippen LogP) is 2.99. The van der Waals surface area contributed by atoms with Crippen LogP contribution in [0.4, 0.5) is 0 Å². The molecular weight excluding hydrogens is 308 g/mol. The molecule has 1 aromatic carbocycles. The Kier molecular flexibility index (Phi) is 5.33. The topological polar surface area (TPSA) is 50.3 Å². The number of nitrogens with zero attached hydrogens (tertiary/aromatic N) is 2. The number of benzene rings is 1. The summed E-state index contributed by atoms with van der Waals surface area (Å²) in [5.41, 5.74) is 1.06. The van der Waals surface area contributed by atoms with Crippen molar-refractivity contribution in [3.8, 4) is 0 Å². The highest BCUT2D eigenvalue weighted by Gasteiger charge is 2.22. The van der Waals surface area contributed by atoms with E-state index >= 15 is 0 Å². The molecule has 0 N–H and O–H groups in total. The van der Waals surface area contributed by atoms with Gasteiger partial charge in [-0.05, 0) is 42.3 Å². The van der Waals surface area contributed by atoms with Crippen LogP contribution < -0.4 is 0 Å². The van der Waals surface area contributed by atoms with Crippen molar-refractivity contribution >= 4 is 21.6 Å². The van der Waals surface area contributed by atoms with Gasteiger partial charge >= 0.3 is 0 Å². The summed E-state index contributed by atoms with van der Waals surface area (Å²) >= 11 is 5.88. The Hall–Kier alpha value is -1.43. The quantitative estimate of drug-likeness (QED) is 0.820. The number of pyridine rings is 1. The van der Waals surface area contributed by atoms with Crippen LogP contribution in [0.5, 0.6) is 0 Å². The molecule has 0 amide bonds. The van der Waals surface area contributed by atoms with Crippen molar-refractivity contribution in [3.05, 3.63) is 59.4 Å². The zero-order valence-corrected chi connectivity index (χ0v) is 13.3. The van der Waals surface area contributed by atoms with Gasteiger partial charge in [-0.2, -0.15) is 4.31 Å². The first kappa shape index (κ1) is 15.9. The molecule has 0 spiro atoms. The lowest BCUT2D eigenvalue weighted by Gasteiger charge is -2.20. The van der Waals surface area contributed by atoms with Gasteiger partial charge in [0.05, 0.1) is 4.90 Å². The first-order valence-electron chi connectivity index (χ1n) is 6.68. The smallest absolute Gasteiger partial charge is 0.243 e. The van der Waals surface area contributed by atoms with Crippen LogP contribution in [0, 0.1) is 0 Å². The molecular formula is C15H17ClN2O2S. The molecule has 1 aromatic heterocycles. The fraction of sp³-hybridized carbons (Fsp3) is 0.267. The summed E-state index contributed by atoms with van der Waals surface area (Å²) in [7, 11) is -3.51. The van der Waals surface area contributed by atoms with Gasteiger partial charge in [0, 0.05) is 30.5 Å². The van der Waals surface area contributed by atoms with Crippen molar-refractivity contribution in [1.29, 1.82) is 0 Å². The summed E-state index contributed by atoms with van der Waals surface area (Å²) in [6.45, 7) is 2.67. The largest absolute Gasteiger partial charge is 0.265 e. The van der Waals surface area contributed by atoms with Gasteiger partial charge in [0.15, 0.2) is 0 Å². The van der Waals surface area contributed by atoms with Crippen LogP contribution in [0.2, 0.25) is 5.02 Å². The van der Waals surface area contributed by atoms with Crippen LogP contribution in [0.1, 0.15) is 12.5 Å². The first-order chi connectivity index (χ1) is 10.0. The summed E-state index contributed by atoms with van der Waals surface area (Å²) in [6, 6.07) is 10.1. The van der Waals surface area contributed by atoms with Crippen molar-refractivity contribution < 1.29 is 8.42 Å². The molecule has 2 aromatic rings. The minimum atomic E-state index is -3.51. The lowest BCUT2D eigenvalue weighted by atomic mass is 10.2. The Morgan fingerprint density at radius 3 is 2.52 bits per heavy atom. The van der Waals surface area contributed by atoms with Gasteiger partial charge in [0.2, 0.25) is 10.0 Å². The fourth-order valence-corrected chi connectivity index (χ4v) is 3.78. The van der Waals surface area contributed by atoms with E-state index in [1.807, 2.05) is 19.1 Å². The van der Waals surface area contributed by atoms with E-state index in [9.17, 15) is 8.42 Å². The number of aromatic nitrogens is 1. The zero-order valence-electron chi connectivity index (χ0n) is 11.7. The second-order valence-corrected chi connectivity index (χ2v) is 6.93. The van der Waals surface area contributed by atoms with Crippen molar-refractivity contribution in [3.63, 3.8) is 0 Å². The summed E-state index contributed by atoms with van der Waals surface area (Å²) in [5, 5.41) is 0.418. The van der Waals surface area contributed by atoms with E-state index in [-0.39, 0.29) is 4.90 Å². The maximum Gasteiger partial charge on any atom is 0.243 e. The van der Waals surface area contributed by atoms with Gasteiger partial charge in [0.1, 0.15) is 0 Å². The maximum absolute atomic E-state index is 12.6. The third kappa shape index (κ3) is 4.03. The van der Waals surface area contributed by atoms with Gasteiger partial charge < -0.3 is 0 Å². The summed E-state index contributed by atoms with van der Waals surface area (Å²) in [5.74, 6) is 0. The second kappa shape index (κ2) is 7.02. The SMILES string of the molecule is CCN(CCc1ccncc1)S(=O)(=O)c1cccc(Cl)c1. The molecule has 0 saturated carbocycles. The van der Waals surface area contributed by atoms with E-state index in [2.05, 4.69) is 4.98 Å². The van der Waals surface area contributed by atoms with Crippen LogP contribution in [0.15, 0.2) is 53.7 Å². The number of likely N-dealkylation sites (N-methyl/N-ethyl adjacent to an activating group) is 1. The fourth-order valence-electron chi connectivity index (χ4n) is 2.03. The third-order valence-corrected chi connectivity index (χ3v) is 5.39. The lowest BCUT2D eigenvalue weighted by Crippen LogP contribution is -2.32. The van der Waals surface area contributed by atoms with Gasteiger partial charge in [-0.25, -0.2) is 8.42 Å². The number of hydrogen-bond acceptors (Lipinski definition) is 3. The third-order valence-electron chi connectivity index (χ3n) is 3.19. The van der Waals surface area contributed by atoms with Crippen molar-refractivity contribution in [1.82, 2.24) is 9.29 Å². The average Bonchev–Trinajstić information content (AvgIpc) is 2.49. The molecule has 0 fully saturated rings. The molecule has 6 heteroatoms. The molecule has 2 rings (SSSR count). The van der Waals surface area contributed by atoms with Crippen LogP contribution in [0.3, 0.4) is 0 Å². The van der Waals surface area contributed by atoms with Gasteiger partial charge in [-0.1, -0.05) is 24.6 Å². The monoisotopic (exact) mass is 324 g/mol. The van der Waals surface area contributed by atoms with E-state index in [0.717, 1.165) is 5.56 Å². The highest BCUT2D eigenvalue weighted by Crippen LogP contribution is 2.19. The highest BCUT2D eigenvalue weighted by molar-refractivity contribution is 7.89. The minimum absolute atomic E-state index is 0.228. The highest BCUT2D eigenvalue weighted by atomic mass is 35.5. The van der Waals surface area contributed by atoms with Gasteiger partial charge in [-0.3, -0.25) is 4.98 Å². The van der Waals surface area contributed by atoms with Gasteiger partial charge in [-0.15, -0.1) is 0 Å². The molecule has 4 nitrogen and oxygen atoms in total. The Labute approximate surface area is 130 Å². The van der Waals surface area contributed by atoms with E-state index in [1.165, 1.54) is 10.4 Å². The summed E-state index contributed by atoms with van der Waals surface area (Å²) in [6.07, 6.45) is 4.06. The first-order valence-corrected chi connectivity index (χ1v) is 8.50. The standard InChI is InChI=1S/C15H17ClN2O2S/c1-2-18(11-8-13-6-9-17-10-7-13)21(19,20)15-5-3-4-14(16)12-15/h3-7,9-10,12H,2,8,11H2,1H3. The van der Waals surface area contributed by atoms with E-state index in [1.54, 1.807) is 30.6 Å². The molecule has 112 valence electrons. The Morgan fingerprint density at radius 1 is 1.19 bits per heavy atom. The van der Waals surface area contributed by atoms with E-state index < -0.39 is 10.0 Å². The molecule has 0 unspecified atom stereocenters. The molecule has 0 saturated heterocycles. The van der Waals surface area contributed by atoms with Crippen molar-refractivity contribution in [2.24, 2.45) is 0 Å². The Balaban J connectivity index is 2.16.